The van der Waals surface area contributed by atoms with Gasteiger partial charge in [-0.1, -0.05) is 24.6 Å². The SMILES string of the molecule is Cc1cccc(C)c1N=C(N)NC(=O)NCC1CCC1. The maximum atomic E-state index is 11.7. The lowest BCUT2D eigenvalue weighted by Crippen LogP contribution is -2.45. The van der Waals surface area contributed by atoms with E-state index in [2.05, 4.69) is 15.6 Å². The van der Waals surface area contributed by atoms with Gasteiger partial charge < -0.3 is 11.1 Å². The van der Waals surface area contributed by atoms with Gasteiger partial charge in [0.25, 0.3) is 0 Å². The van der Waals surface area contributed by atoms with Crippen LogP contribution in [-0.2, 0) is 0 Å². The molecule has 1 aliphatic carbocycles. The van der Waals surface area contributed by atoms with E-state index in [9.17, 15) is 4.79 Å². The van der Waals surface area contributed by atoms with E-state index >= 15 is 0 Å². The fourth-order valence-electron chi connectivity index (χ4n) is 2.22. The van der Waals surface area contributed by atoms with Crippen LogP contribution in [0, 0.1) is 19.8 Å². The number of carbonyl (C=O) groups excluding carboxylic acids is 1. The number of para-hydroxylation sites is 1. The minimum atomic E-state index is -0.288. The normalized spacial score (nSPS) is 15.6. The number of urea groups is 1. The summed E-state index contributed by atoms with van der Waals surface area (Å²) in [6.07, 6.45) is 3.67. The highest BCUT2D eigenvalue weighted by Crippen LogP contribution is 2.25. The number of aryl methyl sites for hydroxylation is 2. The van der Waals surface area contributed by atoms with Gasteiger partial charge in [-0.15, -0.1) is 0 Å². The Morgan fingerprint density at radius 1 is 1.35 bits per heavy atom. The summed E-state index contributed by atoms with van der Waals surface area (Å²) in [7, 11) is 0. The average Bonchev–Trinajstić information content (AvgIpc) is 2.32. The van der Waals surface area contributed by atoms with Crippen LogP contribution in [0.15, 0.2) is 23.2 Å². The molecule has 5 heteroatoms. The van der Waals surface area contributed by atoms with Gasteiger partial charge in [-0.25, -0.2) is 9.79 Å². The van der Waals surface area contributed by atoms with E-state index in [1.54, 1.807) is 0 Å². The molecule has 0 heterocycles. The molecule has 4 N–H and O–H groups in total. The predicted molar refractivity (Wildman–Crippen MR) is 81.1 cm³/mol. The number of carbonyl (C=O) groups is 1. The number of hydrogen-bond acceptors (Lipinski definition) is 2. The predicted octanol–water partition coefficient (Wildman–Crippen LogP) is 2.35. The lowest BCUT2D eigenvalue weighted by atomic mass is 9.85. The van der Waals surface area contributed by atoms with Crippen molar-refractivity contribution in [1.82, 2.24) is 10.6 Å². The number of hydrogen-bond donors (Lipinski definition) is 3. The quantitative estimate of drug-likeness (QED) is 0.584. The Bertz CT molecular complexity index is 500. The smallest absolute Gasteiger partial charge is 0.321 e. The first-order chi connectivity index (χ1) is 9.56. The van der Waals surface area contributed by atoms with Crippen molar-refractivity contribution in [3.8, 4) is 0 Å². The Kier molecular flexibility index (Phi) is 4.61. The van der Waals surface area contributed by atoms with Crippen LogP contribution >= 0.6 is 0 Å². The number of aliphatic imine (C=N–C) groups is 1. The average molecular weight is 274 g/mol. The lowest BCUT2D eigenvalue weighted by molar-refractivity contribution is 0.236. The molecular weight excluding hydrogens is 252 g/mol. The molecule has 1 saturated carbocycles. The van der Waals surface area contributed by atoms with E-state index in [0.717, 1.165) is 16.8 Å². The van der Waals surface area contributed by atoms with E-state index in [0.29, 0.717) is 12.5 Å². The number of nitrogens with two attached hydrogens (primary N) is 1. The zero-order valence-electron chi connectivity index (χ0n) is 12.1. The van der Waals surface area contributed by atoms with E-state index in [1.807, 2.05) is 32.0 Å². The third-order valence-corrected chi connectivity index (χ3v) is 3.69. The van der Waals surface area contributed by atoms with Crippen molar-refractivity contribution in [3.63, 3.8) is 0 Å². The van der Waals surface area contributed by atoms with Crippen LogP contribution in [0.1, 0.15) is 30.4 Å². The van der Waals surface area contributed by atoms with Crippen LogP contribution in [-0.4, -0.2) is 18.5 Å². The first-order valence-electron chi connectivity index (χ1n) is 7.01. The van der Waals surface area contributed by atoms with Gasteiger partial charge in [-0.3, -0.25) is 5.32 Å². The highest BCUT2D eigenvalue weighted by atomic mass is 16.2. The maximum absolute atomic E-state index is 11.7. The largest absolute Gasteiger partial charge is 0.369 e. The van der Waals surface area contributed by atoms with Crippen molar-refractivity contribution in [2.45, 2.75) is 33.1 Å². The van der Waals surface area contributed by atoms with Crippen molar-refractivity contribution in [3.05, 3.63) is 29.3 Å². The Morgan fingerprint density at radius 3 is 2.55 bits per heavy atom. The van der Waals surface area contributed by atoms with Gasteiger partial charge in [0.05, 0.1) is 5.69 Å². The van der Waals surface area contributed by atoms with Gasteiger partial charge in [0.2, 0.25) is 5.96 Å². The van der Waals surface area contributed by atoms with Crippen molar-refractivity contribution in [2.75, 3.05) is 6.54 Å². The molecule has 0 spiro atoms. The molecule has 1 aliphatic rings. The second-order valence-electron chi connectivity index (χ2n) is 5.37. The maximum Gasteiger partial charge on any atom is 0.321 e. The van der Waals surface area contributed by atoms with Crippen molar-refractivity contribution in [2.24, 2.45) is 16.6 Å². The number of rotatable bonds is 3. The van der Waals surface area contributed by atoms with Crippen LogP contribution in [0.25, 0.3) is 0 Å². The summed E-state index contributed by atoms with van der Waals surface area (Å²) >= 11 is 0. The fraction of sp³-hybridized carbons (Fsp3) is 0.467. The Morgan fingerprint density at radius 2 is 2.00 bits per heavy atom. The number of amides is 2. The molecule has 0 atom stereocenters. The van der Waals surface area contributed by atoms with Gasteiger partial charge in [-0.2, -0.15) is 0 Å². The first kappa shape index (κ1) is 14.4. The highest BCUT2D eigenvalue weighted by molar-refractivity contribution is 5.96. The second kappa shape index (κ2) is 6.41. The number of guanidine groups is 1. The standard InChI is InChI=1S/C15H22N4O/c1-10-5-3-6-11(2)13(10)18-14(16)19-15(20)17-9-12-7-4-8-12/h3,5-6,12H,4,7-9H2,1-2H3,(H4,16,17,18,19,20). The van der Waals surface area contributed by atoms with Gasteiger partial charge >= 0.3 is 6.03 Å². The Labute approximate surface area is 119 Å². The van der Waals surface area contributed by atoms with Crippen LogP contribution < -0.4 is 16.4 Å². The Hall–Kier alpha value is -2.04. The molecule has 0 aromatic heterocycles. The summed E-state index contributed by atoms with van der Waals surface area (Å²) in [5.74, 6) is 0.742. The minimum Gasteiger partial charge on any atom is -0.369 e. The molecule has 0 bridgehead atoms. The summed E-state index contributed by atoms with van der Waals surface area (Å²) in [5, 5.41) is 5.38. The molecule has 1 aromatic rings. The van der Waals surface area contributed by atoms with Crippen LogP contribution in [0.3, 0.4) is 0 Å². The summed E-state index contributed by atoms with van der Waals surface area (Å²) in [6.45, 7) is 4.65. The topological polar surface area (TPSA) is 79.5 Å². The summed E-state index contributed by atoms with van der Waals surface area (Å²) in [4.78, 5) is 16.0. The van der Waals surface area contributed by atoms with Crippen LogP contribution in [0.2, 0.25) is 0 Å². The zero-order valence-corrected chi connectivity index (χ0v) is 12.1. The Balaban J connectivity index is 1.91. The summed E-state index contributed by atoms with van der Waals surface area (Å²) < 4.78 is 0. The van der Waals surface area contributed by atoms with Gasteiger partial charge in [0, 0.05) is 6.54 Å². The lowest BCUT2D eigenvalue weighted by Gasteiger charge is -2.25. The molecule has 20 heavy (non-hydrogen) atoms. The van der Waals surface area contributed by atoms with Gasteiger partial charge in [-0.05, 0) is 43.7 Å². The third kappa shape index (κ3) is 3.73. The second-order valence-corrected chi connectivity index (χ2v) is 5.37. The summed E-state index contributed by atoms with van der Waals surface area (Å²) in [6, 6.07) is 5.62. The molecule has 1 fully saturated rings. The van der Waals surface area contributed by atoms with Crippen LogP contribution in [0.5, 0.6) is 0 Å². The molecule has 108 valence electrons. The van der Waals surface area contributed by atoms with Crippen LogP contribution in [0.4, 0.5) is 10.5 Å². The van der Waals surface area contributed by atoms with E-state index in [1.165, 1.54) is 19.3 Å². The van der Waals surface area contributed by atoms with Gasteiger partial charge in [0.15, 0.2) is 0 Å². The fourth-order valence-corrected chi connectivity index (χ4v) is 2.22. The molecule has 0 saturated heterocycles. The molecule has 0 unspecified atom stereocenters. The third-order valence-electron chi connectivity index (χ3n) is 3.69. The van der Waals surface area contributed by atoms with Crippen molar-refractivity contribution >= 4 is 17.7 Å². The minimum absolute atomic E-state index is 0.119. The molecule has 1 aromatic carbocycles. The van der Waals surface area contributed by atoms with E-state index < -0.39 is 0 Å². The zero-order chi connectivity index (χ0) is 14.5. The first-order valence-corrected chi connectivity index (χ1v) is 7.01. The molecule has 2 rings (SSSR count). The van der Waals surface area contributed by atoms with Crippen molar-refractivity contribution in [1.29, 1.82) is 0 Å². The highest BCUT2D eigenvalue weighted by Gasteiger charge is 2.17. The molecule has 5 nitrogen and oxygen atoms in total. The molecule has 0 radical (unpaired) electrons. The summed E-state index contributed by atoms with van der Waals surface area (Å²) in [5.41, 5.74) is 8.65. The number of benzene rings is 1. The number of nitrogens with zero attached hydrogens (tertiary/aromatic N) is 1. The molecule has 0 aliphatic heterocycles. The number of nitrogens with one attached hydrogen (secondary N) is 2. The monoisotopic (exact) mass is 274 g/mol. The van der Waals surface area contributed by atoms with E-state index in [4.69, 9.17) is 5.73 Å². The molecular formula is C15H22N4O. The van der Waals surface area contributed by atoms with E-state index in [-0.39, 0.29) is 12.0 Å². The van der Waals surface area contributed by atoms with Crippen molar-refractivity contribution < 1.29 is 4.79 Å². The van der Waals surface area contributed by atoms with Gasteiger partial charge in [0.1, 0.15) is 0 Å². The molecule has 2 amide bonds.